The van der Waals surface area contributed by atoms with Crippen LogP contribution in [0.15, 0.2) is 12.1 Å². The Morgan fingerprint density at radius 3 is 1.31 bits per heavy atom. The van der Waals surface area contributed by atoms with Crippen LogP contribution in [0.4, 0.5) is 0 Å². The largest absolute Gasteiger partial charge is 0.0625 e. The molecule has 0 fully saturated rings. The van der Waals surface area contributed by atoms with Crippen LogP contribution in [0.5, 0.6) is 0 Å². The minimum absolute atomic E-state index is 0.744. The highest BCUT2D eigenvalue weighted by atomic mass is 14.1. The van der Waals surface area contributed by atoms with Crippen LogP contribution in [0.25, 0.3) is 0 Å². The molecule has 0 heteroatoms. The van der Waals surface area contributed by atoms with Crippen molar-refractivity contribution in [1.29, 1.82) is 0 Å². The van der Waals surface area contributed by atoms with Crippen molar-refractivity contribution in [1.82, 2.24) is 0 Å². The zero-order valence-electron chi connectivity index (χ0n) is 11.7. The molecule has 0 aliphatic heterocycles. The van der Waals surface area contributed by atoms with Crippen molar-refractivity contribution in [3.8, 4) is 0 Å². The second kappa shape index (κ2) is 5.52. The molecule has 1 aromatic carbocycles. The fourth-order valence-electron chi connectivity index (χ4n) is 2.25. The molecule has 0 saturated carbocycles. The van der Waals surface area contributed by atoms with E-state index in [1.807, 2.05) is 0 Å². The third kappa shape index (κ3) is 3.37. The van der Waals surface area contributed by atoms with Crippen molar-refractivity contribution in [2.45, 2.75) is 54.4 Å². The Morgan fingerprint density at radius 2 is 1.06 bits per heavy atom. The summed E-state index contributed by atoms with van der Waals surface area (Å²) in [7, 11) is 0. The van der Waals surface area contributed by atoms with Crippen LogP contribution < -0.4 is 0 Å². The Balaban J connectivity index is 2.98. The van der Waals surface area contributed by atoms with Gasteiger partial charge < -0.3 is 0 Å². The first-order valence-corrected chi connectivity index (χ1v) is 6.49. The van der Waals surface area contributed by atoms with Crippen LogP contribution in [0.2, 0.25) is 0 Å². The lowest BCUT2D eigenvalue weighted by Crippen LogP contribution is -2.03. The van der Waals surface area contributed by atoms with Gasteiger partial charge in [0.15, 0.2) is 0 Å². The molecule has 0 nitrogen and oxygen atoms in total. The highest BCUT2D eigenvalue weighted by molar-refractivity contribution is 5.39. The van der Waals surface area contributed by atoms with Crippen LogP contribution in [-0.4, -0.2) is 0 Å². The molecule has 0 saturated heterocycles. The van der Waals surface area contributed by atoms with E-state index in [0.29, 0.717) is 0 Å². The maximum absolute atomic E-state index is 2.33. The zero-order chi connectivity index (χ0) is 12.3. The topological polar surface area (TPSA) is 0 Å². The molecule has 0 atom stereocenters. The lowest BCUT2D eigenvalue weighted by molar-refractivity contribution is 0.635. The Hall–Kier alpha value is -0.780. The molecule has 0 radical (unpaired) electrons. The second-order valence-corrected chi connectivity index (χ2v) is 5.83. The molecule has 90 valence electrons. The molecule has 0 spiro atoms. The Labute approximate surface area is 101 Å². The van der Waals surface area contributed by atoms with Crippen molar-refractivity contribution in [3.63, 3.8) is 0 Å². The van der Waals surface area contributed by atoms with E-state index in [2.05, 4.69) is 53.7 Å². The lowest BCUT2D eigenvalue weighted by Gasteiger charge is -2.16. The molecule has 1 aromatic rings. The monoisotopic (exact) mass is 218 g/mol. The summed E-state index contributed by atoms with van der Waals surface area (Å²) in [6.45, 7) is 13.7. The first-order chi connectivity index (χ1) is 7.41. The van der Waals surface area contributed by atoms with Crippen LogP contribution >= 0.6 is 0 Å². The van der Waals surface area contributed by atoms with Crippen molar-refractivity contribution in [3.05, 3.63) is 34.4 Å². The Kier molecular flexibility index (Phi) is 4.58. The zero-order valence-corrected chi connectivity index (χ0v) is 11.7. The van der Waals surface area contributed by atoms with E-state index in [-0.39, 0.29) is 0 Å². The predicted molar refractivity (Wildman–Crippen MR) is 73.0 cm³/mol. The normalized spacial score (nSPS) is 11.5. The average Bonchev–Trinajstić information content (AvgIpc) is 2.16. The van der Waals surface area contributed by atoms with Crippen molar-refractivity contribution in [2.75, 3.05) is 0 Å². The molecule has 0 aromatic heterocycles. The number of benzene rings is 1. The highest BCUT2D eigenvalue weighted by Gasteiger charge is 2.08. The van der Waals surface area contributed by atoms with Gasteiger partial charge in [-0.2, -0.15) is 0 Å². The number of hydrogen-bond acceptors (Lipinski definition) is 0. The van der Waals surface area contributed by atoms with E-state index in [1.54, 1.807) is 0 Å². The standard InChI is InChI=1S/C16H26/c1-11(2)9-15-7-8-16(10-12(3)4)14(6)13(15)5/h7-8,11-12H,9-10H2,1-6H3. The molecule has 0 aliphatic rings. The van der Waals surface area contributed by atoms with Gasteiger partial charge in [0.1, 0.15) is 0 Å². The van der Waals surface area contributed by atoms with Gasteiger partial charge in [0.05, 0.1) is 0 Å². The minimum Gasteiger partial charge on any atom is -0.0625 e. The SMILES string of the molecule is Cc1c(CC(C)C)ccc(CC(C)C)c1C. The first kappa shape index (κ1) is 13.3. The summed E-state index contributed by atoms with van der Waals surface area (Å²) in [5.74, 6) is 1.49. The fraction of sp³-hybridized carbons (Fsp3) is 0.625. The maximum atomic E-state index is 2.33. The number of rotatable bonds is 4. The van der Waals surface area contributed by atoms with Gasteiger partial charge in [-0.05, 0) is 60.8 Å². The summed E-state index contributed by atoms with van der Waals surface area (Å²) in [6, 6.07) is 4.67. The van der Waals surface area contributed by atoms with E-state index in [9.17, 15) is 0 Å². The van der Waals surface area contributed by atoms with Gasteiger partial charge in [-0.1, -0.05) is 39.8 Å². The average molecular weight is 218 g/mol. The van der Waals surface area contributed by atoms with Crippen molar-refractivity contribution < 1.29 is 0 Å². The highest BCUT2D eigenvalue weighted by Crippen LogP contribution is 2.22. The smallest absolute Gasteiger partial charge is 0.0253 e. The molecule has 16 heavy (non-hydrogen) atoms. The second-order valence-electron chi connectivity index (χ2n) is 5.83. The van der Waals surface area contributed by atoms with Gasteiger partial charge in [0.25, 0.3) is 0 Å². The van der Waals surface area contributed by atoms with Gasteiger partial charge in [0.2, 0.25) is 0 Å². The summed E-state index contributed by atoms with van der Waals surface area (Å²) in [4.78, 5) is 0. The van der Waals surface area contributed by atoms with E-state index >= 15 is 0 Å². The van der Waals surface area contributed by atoms with Gasteiger partial charge in [0, 0.05) is 0 Å². The molecule has 0 amide bonds. The van der Waals surface area contributed by atoms with E-state index in [1.165, 1.54) is 35.1 Å². The molecule has 0 heterocycles. The van der Waals surface area contributed by atoms with E-state index < -0.39 is 0 Å². The fourth-order valence-corrected chi connectivity index (χ4v) is 2.25. The molecule has 1 rings (SSSR count). The van der Waals surface area contributed by atoms with E-state index in [0.717, 1.165) is 11.8 Å². The molecular weight excluding hydrogens is 192 g/mol. The van der Waals surface area contributed by atoms with Crippen LogP contribution in [0.1, 0.15) is 49.9 Å². The maximum Gasteiger partial charge on any atom is -0.0253 e. The predicted octanol–water partition coefficient (Wildman–Crippen LogP) is 4.70. The van der Waals surface area contributed by atoms with Crippen molar-refractivity contribution >= 4 is 0 Å². The third-order valence-corrected chi connectivity index (χ3v) is 3.27. The van der Waals surface area contributed by atoms with Crippen molar-refractivity contribution in [2.24, 2.45) is 11.8 Å². The summed E-state index contributed by atoms with van der Waals surface area (Å²) in [5.41, 5.74) is 6.07. The van der Waals surface area contributed by atoms with E-state index in [4.69, 9.17) is 0 Å². The van der Waals surface area contributed by atoms with Gasteiger partial charge in [-0.3, -0.25) is 0 Å². The Bertz CT molecular complexity index is 310. The molecule has 0 N–H and O–H groups in total. The number of hydrogen-bond donors (Lipinski definition) is 0. The van der Waals surface area contributed by atoms with Gasteiger partial charge in [-0.15, -0.1) is 0 Å². The summed E-state index contributed by atoms with van der Waals surface area (Å²) in [6.07, 6.45) is 2.41. The molecular formula is C16H26. The summed E-state index contributed by atoms with van der Waals surface area (Å²) < 4.78 is 0. The third-order valence-electron chi connectivity index (χ3n) is 3.27. The minimum atomic E-state index is 0.744. The van der Waals surface area contributed by atoms with Crippen LogP contribution in [0, 0.1) is 25.7 Å². The molecule has 0 bridgehead atoms. The summed E-state index contributed by atoms with van der Waals surface area (Å²) in [5, 5.41) is 0. The molecule has 0 unspecified atom stereocenters. The molecule has 0 aliphatic carbocycles. The van der Waals surface area contributed by atoms with Gasteiger partial charge in [-0.25, -0.2) is 0 Å². The quantitative estimate of drug-likeness (QED) is 0.687. The van der Waals surface area contributed by atoms with Crippen LogP contribution in [-0.2, 0) is 12.8 Å². The Morgan fingerprint density at radius 1 is 0.750 bits per heavy atom. The lowest BCUT2D eigenvalue weighted by atomic mass is 9.90. The van der Waals surface area contributed by atoms with Crippen LogP contribution in [0.3, 0.4) is 0 Å². The summed E-state index contributed by atoms with van der Waals surface area (Å²) >= 11 is 0. The first-order valence-electron chi connectivity index (χ1n) is 6.49. The van der Waals surface area contributed by atoms with Gasteiger partial charge >= 0.3 is 0 Å².